The largest absolute Gasteiger partial charge is 0.365 e. The molecule has 5 nitrogen and oxygen atoms in total. The van der Waals surface area contributed by atoms with Gasteiger partial charge in [-0.1, -0.05) is 26.7 Å². The normalized spacial score (nSPS) is 27.0. The molecule has 0 bridgehead atoms. The minimum atomic E-state index is -0.279. The number of ether oxygens (including phenoxy) is 1. The molecule has 0 spiro atoms. The lowest BCUT2D eigenvalue weighted by Gasteiger charge is -2.30. The van der Waals surface area contributed by atoms with Crippen molar-refractivity contribution in [3.63, 3.8) is 0 Å². The SMILES string of the molecule is CCC(OC1CCCC(C)C1)C(=O)NCCN1CCNCC1.Cl. The van der Waals surface area contributed by atoms with Crippen LogP contribution in [-0.2, 0) is 9.53 Å². The molecule has 0 aromatic carbocycles. The molecule has 0 aromatic heterocycles. The molecule has 3 unspecified atom stereocenters. The van der Waals surface area contributed by atoms with Crippen LogP contribution in [0.1, 0.15) is 46.0 Å². The molecule has 0 radical (unpaired) electrons. The fourth-order valence-electron chi connectivity index (χ4n) is 3.46. The first-order valence-corrected chi connectivity index (χ1v) is 9.05. The number of nitrogens with one attached hydrogen (secondary N) is 2. The lowest BCUT2D eigenvalue weighted by molar-refractivity contribution is -0.139. The molecular formula is C17H34ClN3O2. The number of carbonyl (C=O) groups excluding carboxylic acids is 1. The van der Waals surface area contributed by atoms with Crippen molar-refractivity contribution < 1.29 is 9.53 Å². The summed E-state index contributed by atoms with van der Waals surface area (Å²) in [5.74, 6) is 0.794. The molecule has 2 N–H and O–H groups in total. The summed E-state index contributed by atoms with van der Waals surface area (Å²) in [6.07, 6.45) is 5.48. The smallest absolute Gasteiger partial charge is 0.249 e. The maximum atomic E-state index is 12.3. The van der Waals surface area contributed by atoms with Gasteiger partial charge in [0.2, 0.25) is 5.91 Å². The number of hydrogen-bond donors (Lipinski definition) is 2. The van der Waals surface area contributed by atoms with Crippen molar-refractivity contribution in [1.29, 1.82) is 0 Å². The van der Waals surface area contributed by atoms with E-state index in [9.17, 15) is 4.79 Å². The van der Waals surface area contributed by atoms with Crippen LogP contribution in [0, 0.1) is 5.92 Å². The van der Waals surface area contributed by atoms with Crippen molar-refractivity contribution in [1.82, 2.24) is 15.5 Å². The summed E-state index contributed by atoms with van der Waals surface area (Å²) >= 11 is 0. The highest BCUT2D eigenvalue weighted by Gasteiger charge is 2.25. The van der Waals surface area contributed by atoms with Crippen LogP contribution < -0.4 is 10.6 Å². The molecular weight excluding hydrogens is 314 g/mol. The standard InChI is InChI=1S/C17H33N3O2.ClH/c1-3-16(22-15-6-4-5-14(2)13-15)17(21)19-9-12-20-10-7-18-8-11-20;/h14-16,18H,3-13H2,1-2H3,(H,19,21);1H. The summed E-state index contributed by atoms with van der Waals surface area (Å²) in [5, 5.41) is 6.40. The monoisotopic (exact) mass is 347 g/mol. The molecule has 1 amide bonds. The Morgan fingerprint density at radius 2 is 2.09 bits per heavy atom. The van der Waals surface area contributed by atoms with Crippen LogP contribution >= 0.6 is 12.4 Å². The van der Waals surface area contributed by atoms with E-state index in [2.05, 4.69) is 22.5 Å². The van der Waals surface area contributed by atoms with Gasteiger partial charge in [-0.05, 0) is 25.2 Å². The third-order valence-electron chi connectivity index (χ3n) is 4.85. The van der Waals surface area contributed by atoms with Crippen LogP contribution in [0.2, 0.25) is 0 Å². The van der Waals surface area contributed by atoms with Crippen molar-refractivity contribution in [2.75, 3.05) is 39.3 Å². The van der Waals surface area contributed by atoms with E-state index < -0.39 is 0 Å². The minimum Gasteiger partial charge on any atom is -0.365 e. The average molecular weight is 348 g/mol. The van der Waals surface area contributed by atoms with E-state index in [0.717, 1.165) is 64.4 Å². The van der Waals surface area contributed by atoms with E-state index >= 15 is 0 Å². The van der Waals surface area contributed by atoms with E-state index in [4.69, 9.17) is 4.74 Å². The van der Waals surface area contributed by atoms with Gasteiger partial charge in [0.15, 0.2) is 0 Å². The maximum absolute atomic E-state index is 12.3. The average Bonchev–Trinajstić information content (AvgIpc) is 2.53. The highest BCUT2D eigenvalue weighted by atomic mass is 35.5. The van der Waals surface area contributed by atoms with Gasteiger partial charge in [-0.25, -0.2) is 0 Å². The zero-order valence-electron chi connectivity index (χ0n) is 14.7. The highest BCUT2D eigenvalue weighted by molar-refractivity contribution is 5.85. The van der Waals surface area contributed by atoms with Gasteiger partial charge in [-0.15, -0.1) is 12.4 Å². The first-order valence-electron chi connectivity index (χ1n) is 9.05. The summed E-state index contributed by atoms with van der Waals surface area (Å²) in [5.41, 5.74) is 0. The number of nitrogens with zero attached hydrogens (tertiary/aromatic N) is 1. The topological polar surface area (TPSA) is 53.6 Å². The zero-order chi connectivity index (χ0) is 15.8. The summed E-state index contributed by atoms with van der Waals surface area (Å²) in [6, 6.07) is 0. The quantitative estimate of drug-likeness (QED) is 0.737. The van der Waals surface area contributed by atoms with Crippen LogP contribution in [0.25, 0.3) is 0 Å². The summed E-state index contributed by atoms with van der Waals surface area (Å²) in [7, 11) is 0. The fraction of sp³-hybridized carbons (Fsp3) is 0.941. The summed E-state index contributed by atoms with van der Waals surface area (Å²) in [6.45, 7) is 10.2. The highest BCUT2D eigenvalue weighted by Crippen LogP contribution is 2.26. The second kappa shape index (κ2) is 11.2. The lowest BCUT2D eigenvalue weighted by Crippen LogP contribution is -2.47. The fourth-order valence-corrected chi connectivity index (χ4v) is 3.46. The number of rotatable bonds is 7. The molecule has 1 saturated carbocycles. The van der Waals surface area contributed by atoms with Crippen molar-refractivity contribution in [2.24, 2.45) is 5.92 Å². The van der Waals surface area contributed by atoms with Crippen molar-refractivity contribution in [2.45, 2.75) is 58.2 Å². The Morgan fingerprint density at radius 3 is 2.74 bits per heavy atom. The first kappa shape index (κ1) is 20.7. The van der Waals surface area contributed by atoms with Gasteiger partial charge in [0.25, 0.3) is 0 Å². The summed E-state index contributed by atoms with van der Waals surface area (Å²) in [4.78, 5) is 14.7. The van der Waals surface area contributed by atoms with E-state index in [-0.39, 0.29) is 30.5 Å². The summed E-state index contributed by atoms with van der Waals surface area (Å²) < 4.78 is 6.08. The predicted molar refractivity (Wildman–Crippen MR) is 96.2 cm³/mol. The van der Waals surface area contributed by atoms with Gasteiger partial charge >= 0.3 is 0 Å². The minimum absolute atomic E-state index is 0. The van der Waals surface area contributed by atoms with E-state index in [0.29, 0.717) is 0 Å². The first-order chi connectivity index (χ1) is 10.7. The second-order valence-electron chi connectivity index (χ2n) is 6.81. The van der Waals surface area contributed by atoms with Crippen molar-refractivity contribution >= 4 is 18.3 Å². The number of amides is 1. The molecule has 136 valence electrons. The van der Waals surface area contributed by atoms with Crippen molar-refractivity contribution in [3.05, 3.63) is 0 Å². The third kappa shape index (κ3) is 7.38. The van der Waals surface area contributed by atoms with Gasteiger partial charge in [0, 0.05) is 39.3 Å². The van der Waals surface area contributed by atoms with Gasteiger partial charge in [0.1, 0.15) is 6.10 Å². The Hall–Kier alpha value is -0.360. The van der Waals surface area contributed by atoms with Gasteiger partial charge in [-0.3, -0.25) is 9.69 Å². The molecule has 1 saturated heterocycles. The molecule has 1 aliphatic carbocycles. The molecule has 6 heteroatoms. The molecule has 1 heterocycles. The maximum Gasteiger partial charge on any atom is 0.249 e. The predicted octanol–water partition coefficient (Wildman–Crippen LogP) is 1.80. The Balaban J connectivity index is 0.00000264. The lowest BCUT2D eigenvalue weighted by atomic mass is 9.88. The number of halogens is 1. The Morgan fingerprint density at radius 1 is 1.35 bits per heavy atom. The molecule has 23 heavy (non-hydrogen) atoms. The van der Waals surface area contributed by atoms with E-state index in [1.54, 1.807) is 0 Å². The molecule has 1 aliphatic heterocycles. The van der Waals surface area contributed by atoms with Crippen LogP contribution in [0.5, 0.6) is 0 Å². The molecule has 2 fully saturated rings. The van der Waals surface area contributed by atoms with Gasteiger partial charge in [0.05, 0.1) is 6.10 Å². The Kier molecular flexibility index (Phi) is 10.1. The molecule has 2 aliphatic rings. The van der Waals surface area contributed by atoms with E-state index in [1.807, 2.05) is 6.92 Å². The van der Waals surface area contributed by atoms with Gasteiger partial charge in [-0.2, -0.15) is 0 Å². The van der Waals surface area contributed by atoms with Crippen LogP contribution in [0.4, 0.5) is 0 Å². The second-order valence-corrected chi connectivity index (χ2v) is 6.81. The molecule has 3 atom stereocenters. The van der Waals surface area contributed by atoms with Crippen LogP contribution in [0.3, 0.4) is 0 Å². The Bertz CT molecular complexity index is 338. The molecule has 2 rings (SSSR count). The van der Waals surface area contributed by atoms with Crippen LogP contribution in [0.15, 0.2) is 0 Å². The Labute approximate surface area is 147 Å². The zero-order valence-corrected chi connectivity index (χ0v) is 15.5. The third-order valence-corrected chi connectivity index (χ3v) is 4.85. The van der Waals surface area contributed by atoms with Gasteiger partial charge < -0.3 is 15.4 Å². The van der Waals surface area contributed by atoms with E-state index in [1.165, 1.54) is 12.8 Å². The number of carbonyl (C=O) groups is 1. The van der Waals surface area contributed by atoms with Crippen LogP contribution in [-0.4, -0.2) is 62.3 Å². The number of hydrogen-bond acceptors (Lipinski definition) is 4. The van der Waals surface area contributed by atoms with Crippen molar-refractivity contribution in [3.8, 4) is 0 Å². The molecule has 0 aromatic rings. The number of piperazine rings is 1.